The van der Waals surface area contributed by atoms with Crippen molar-refractivity contribution in [3.63, 3.8) is 0 Å². The van der Waals surface area contributed by atoms with Crippen LogP contribution in [-0.4, -0.2) is 35.2 Å². The molecule has 0 saturated heterocycles. The molecule has 2 N–H and O–H groups in total. The van der Waals surface area contributed by atoms with Gasteiger partial charge in [0.1, 0.15) is 0 Å². The van der Waals surface area contributed by atoms with Gasteiger partial charge >= 0.3 is 17.9 Å². The minimum Gasteiger partial charge on any atom is -0.478 e. The summed E-state index contributed by atoms with van der Waals surface area (Å²) in [7, 11) is 1.21. The van der Waals surface area contributed by atoms with Gasteiger partial charge in [-0.3, -0.25) is 0 Å². The Morgan fingerprint density at radius 1 is 1.17 bits per heavy atom. The number of aromatic carboxylic acids is 1. The SMILES string of the molecule is C=CC(=O)O.COC(=O)c1ccccc1C(=O)O. The zero-order valence-corrected chi connectivity index (χ0v) is 9.62. The topological polar surface area (TPSA) is 101 Å². The minimum absolute atomic E-state index is 0.0469. The number of carbonyl (C=O) groups excluding carboxylic acids is 1. The van der Waals surface area contributed by atoms with Crippen LogP contribution in [0.25, 0.3) is 0 Å². The van der Waals surface area contributed by atoms with Crippen LogP contribution in [0.5, 0.6) is 0 Å². The molecule has 0 radical (unpaired) electrons. The van der Waals surface area contributed by atoms with Gasteiger partial charge in [0.05, 0.1) is 18.2 Å². The number of hydrogen-bond donors (Lipinski definition) is 2. The molecule has 1 aromatic carbocycles. The molecule has 0 atom stereocenters. The first-order chi connectivity index (χ1) is 8.43. The zero-order valence-electron chi connectivity index (χ0n) is 9.62. The van der Waals surface area contributed by atoms with Crippen molar-refractivity contribution in [3.05, 3.63) is 48.0 Å². The molecule has 0 aliphatic rings. The summed E-state index contributed by atoms with van der Waals surface area (Å²) in [6, 6.07) is 5.90. The smallest absolute Gasteiger partial charge is 0.338 e. The highest BCUT2D eigenvalue weighted by Gasteiger charge is 2.15. The Kier molecular flexibility index (Phi) is 6.50. The van der Waals surface area contributed by atoms with Crippen LogP contribution in [0.2, 0.25) is 0 Å². The Morgan fingerprint density at radius 3 is 1.94 bits per heavy atom. The first kappa shape index (κ1) is 15.4. The number of carboxylic acids is 2. The second kappa shape index (κ2) is 7.61. The summed E-state index contributed by atoms with van der Waals surface area (Å²) in [5.41, 5.74) is 0.0202. The lowest BCUT2D eigenvalue weighted by Gasteiger charge is -2.02. The van der Waals surface area contributed by atoms with Crippen molar-refractivity contribution in [1.82, 2.24) is 0 Å². The van der Waals surface area contributed by atoms with E-state index in [0.29, 0.717) is 0 Å². The largest absolute Gasteiger partial charge is 0.478 e. The Morgan fingerprint density at radius 2 is 1.61 bits per heavy atom. The average molecular weight is 252 g/mol. The maximum absolute atomic E-state index is 11.1. The first-order valence-corrected chi connectivity index (χ1v) is 4.70. The zero-order chi connectivity index (χ0) is 14.1. The Balaban J connectivity index is 0.000000494. The summed E-state index contributed by atoms with van der Waals surface area (Å²) in [4.78, 5) is 30.9. The van der Waals surface area contributed by atoms with Crippen LogP contribution >= 0.6 is 0 Å². The number of aliphatic carboxylic acids is 1. The normalized spacial score (nSPS) is 8.50. The van der Waals surface area contributed by atoms with Crippen molar-refractivity contribution < 1.29 is 29.3 Å². The quantitative estimate of drug-likeness (QED) is 0.623. The predicted octanol–water partition coefficient (Wildman–Crippen LogP) is 1.43. The molecule has 0 aliphatic carbocycles. The maximum atomic E-state index is 11.1. The summed E-state index contributed by atoms with van der Waals surface area (Å²) in [6.07, 6.45) is 0.833. The molecule has 1 rings (SSSR count). The summed E-state index contributed by atoms with van der Waals surface area (Å²) < 4.78 is 4.42. The molecule has 6 nitrogen and oxygen atoms in total. The van der Waals surface area contributed by atoms with Crippen LogP contribution in [0.1, 0.15) is 20.7 Å². The van der Waals surface area contributed by atoms with E-state index < -0.39 is 17.9 Å². The summed E-state index contributed by atoms with van der Waals surface area (Å²) in [5, 5.41) is 16.3. The van der Waals surface area contributed by atoms with Crippen molar-refractivity contribution in [2.45, 2.75) is 0 Å². The van der Waals surface area contributed by atoms with Crippen LogP contribution in [0.4, 0.5) is 0 Å². The third-order valence-corrected chi connectivity index (χ3v) is 1.74. The molecule has 18 heavy (non-hydrogen) atoms. The van der Waals surface area contributed by atoms with E-state index in [4.69, 9.17) is 10.2 Å². The van der Waals surface area contributed by atoms with E-state index in [2.05, 4.69) is 11.3 Å². The lowest BCUT2D eigenvalue weighted by Crippen LogP contribution is -2.09. The fraction of sp³-hybridized carbons (Fsp3) is 0.0833. The van der Waals surface area contributed by atoms with Gasteiger partial charge in [0.15, 0.2) is 0 Å². The van der Waals surface area contributed by atoms with Gasteiger partial charge in [-0.1, -0.05) is 18.7 Å². The van der Waals surface area contributed by atoms with E-state index in [-0.39, 0.29) is 11.1 Å². The Labute approximate surface area is 103 Å². The fourth-order valence-corrected chi connectivity index (χ4v) is 0.958. The summed E-state index contributed by atoms with van der Waals surface area (Å²) >= 11 is 0. The van der Waals surface area contributed by atoms with Crippen LogP contribution < -0.4 is 0 Å². The highest BCUT2D eigenvalue weighted by atomic mass is 16.5. The predicted molar refractivity (Wildman–Crippen MR) is 62.6 cm³/mol. The molecule has 1 aromatic rings. The number of ether oxygens (including phenoxy) is 1. The van der Waals surface area contributed by atoms with Crippen molar-refractivity contribution in [2.24, 2.45) is 0 Å². The van der Waals surface area contributed by atoms with E-state index in [9.17, 15) is 14.4 Å². The van der Waals surface area contributed by atoms with E-state index in [1.54, 1.807) is 12.1 Å². The monoisotopic (exact) mass is 252 g/mol. The van der Waals surface area contributed by atoms with Gasteiger partial charge in [-0.05, 0) is 12.1 Å². The Bertz CT molecular complexity index is 463. The van der Waals surface area contributed by atoms with Crippen LogP contribution in [0.3, 0.4) is 0 Å². The third-order valence-electron chi connectivity index (χ3n) is 1.74. The first-order valence-electron chi connectivity index (χ1n) is 4.70. The maximum Gasteiger partial charge on any atom is 0.338 e. The van der Waals surface area contributed by atoms with Gasteiger partial charge < -0.3 is 14.9 Å². The number of benzene rings is 1. The lowest BCUT2D eigenvalue weighted by atomic mass is 10.1. The van der Waals surface area contributed by atoms with Gasteiger partial charge in [0.25, 0.3) is 0 Å². The van der Waals surface area contributed by atoms with E-state index in [0.717, 1.165) is 6.08 Å². The number of carbonyl (C=O) groups is 3. The van der Waals surface area contributed by atoms with Gasteiger partial charge in [0.2, 0.25) is 0 Å². The molecule has 0 spiro atoms. The molecule has 0 unspecified atom stereocenters. The second-order valence-corrected chi connectivity index (χ2v) is 2.88. The molecule has 0 aromatic heterocycles. The number of hydrogen-bond acceptors (Lipinski definition) is 4. The highest BCUT2D eigenvalue weighted by Crippen LogP contribution is 2.09. The van der Waals surface area contributed by atoms with Gasteiger partial charge in [0, 0.05) is 6.08 Å². The number of esters is 1. The molecule has 0 aliphatic heterocycles. The molecule has 0 bridgehead atoms. The van der Waals surface area contributed by atoms with Gasteiger partial charge in [-0.25, -0.2) is 14.4 Å². The molecule has 0 fully saturated rings. The summed E-state index contributed by atoms with van der Waals surface area (Å²) in [5.74, 6) is -2.76. The fourth-order valence-electron chi connectivity index (χ4n) is 0.958. The molecular weight excluding hydrogens is 240 g/mol. The van der Waals surface area contributed by atoms with Crippen molar-refractivity contribution in [2.75, 3.05) is 7.11 Å². The minimum atomic E-state index is -1.14. The van der Waals surface area contributed by atoms with E-state index in [1.807, 2.05) is 0 Å². The molecule has 0 saturated carbocycles. The van der Waals surface area contributed by atoms with Crippen LogP contribution in [0, 0.1) is 0 Å². The highest BCUT2D eigenvalue weighted by molar-refractivity contribution is 6.02. The molecule has 0 heterocycles. The molecular formula is C12H12O6. The average Bonchev–Trinajstić information content (AvgIpc) is 2.38. The number of methoxy groups -OCH3 is 1. The molecule has 0 amide bonds. The second-order valence-electron chi connectivity index (χ2n) is 2.88. The van der Waals surface area contributed by atoms with Crippen LogP contribution in [-0.2, 0) is 9.53 Å². The number of carboxylic acid groups (broad SMARTS) is 2. The summed E-state index contributed by atoms with van der Waals surface area (Å²) in [6.45, 7) is 2.96. The van der Waals surface area contributed by atoms with Crippen molar-refractivity contribution >= 4 is 17.9 Å². The van der Waals surface area contributed by atoms with E-state index >= 15 is 0 Å². The van der Waals surface area contributed by atoms with Crippen LogP contribution in [0.15, 0.2) is 36.9 Å². The molecule has 96 valence electrons. The van der Waals surface area contributed by atoms with Crippen molar-refractivity contribution in [1.29, 1.82) is 0 Å². The van der Waals surface area contributed by atoms with Crippen molar-refractivity contribution in [3.8, 4) is 0 Å². The third kappa shape index (κ3) is 4.93. The lowest BCUT2D eigenvalue weighted by molar-refractivity contribution is -0.131. The Hall–Kier alpha value is -2.63. The van der Waals surface area contributed by atoms with E-state index in [1.165, 1.54) is 19.2 Å². The molecule has 6 heteroatoms. The number of rotatable bonds is 3. The van der Waals surface area contributed by atoms with Gasteiger partial charge in [-0.15, -0.1) is 0 Å². The standard InChI is InChI=1S/C9H8O4.C3H4O2/c1-13-9(12)7-5-3-2-4-6(7)8(10)11;1-2-3(4)5/h2-5H,1H3,(H,10,11);2H,1H2,(H,4,5). The van der Waals surface area contributed by atoms with Gasteiger partial charge in [-0.2, -0.15) is 0 Å².